The molecule has 0 atom stereocenters. The van der Waals surface area contributed by atoms with E-state index in [1.807, 2.05) is 0 Å². The highest BCUT2D eigenvalue weighted by Crippen LogP contribution is 1.64. The van der Waals surface area contributed by atoms with Gasteiger partial charge in [-0.3, -0.25) is 10.2 Å². The third-order valence-electron chi connectivity index (χ3n) is 0.637. The largest absolute Gasteiger partial charge is 0.468 e. The van der Waals surface area contributed by atoms with Crippen LogP contribution >= 0.6 is 0 Å². The Kier molecular flexibility index (Phi) is 4.20. The molecule has 0 radical (unpaired) electrons. The van der Waals surface area contributed by atoms with Gasteiger partial charge in [-0.2, -0.15) is 0 Å². The van der Waals surface area contributed by atoms with Gasteiger partial charge in [-0.15, -0.1) is 0 Å². The van der Waals surface area contributed by atoms with Gasteiger partial charge in [-0.25, -0.2) is 5.43 Å². The molecule has 0 aliphatic heterocycles. The van der Waals surface area contributed by atoms with Gasteiger partial charge < -0.3 is 4.74 Å². The van der Waals surface area contributed by atoms with Crippen molar-refractivity contribution < 1.29 is 9.53 Å². The Labute approximate surface area is 48.2 Å². The van der Waals surface area contributed by atoms with Crippen molar-refractivity contribution in [3.63, 3.8) is 0 Å². The third kappa shape index (κ3) is 3.58. The lowest BCUT2D eigenvalue weighted by molar-refractivity contribution is -0.139. The number of nitrogens with one attached hydrogen (secondary N) is 2. The first kappa shape index (κ1) is 7.39. The van der Waals surface area contributed by atoms with Gasteiger partial charge in [0, 0.05) is 0 Å². The Bertz CT molecular complexity index is 74.4. The zero-order valence-corrected chi connectivity index (χ0v) is 5.02. The van der Waals surface area contributed by atoms with E-state index in [4.69, 9.17) is 0 Å². The minimum Gasteiger partial charge on any atom is -0.468 e. The average molecular weight is 118 g/mol. The van der Waals surface area contributed by atoms with Crippen molar-refractivity contribution in [3.05, 3.63) is 0 Å². The van der Waals surface area contributed by atoms with E-state index in [1.54, 1.807) is 7.05 Å². The molecule has 0 aromatic heterocycles. The van der Waals surface area contributed by atoms with Gasteiger partial charge in [0.1, 0.15) is 6.54 Å². The minimum atomic E-state index is -0.278. The van der Waals surface area contributed by atoms with Gasteiger partial charge in [-0.05, 0) is 7.05 Å². The number of ether oxygens (including phenoxy) is 1. The molecule has 0 aromatic rings. The summed E-state index contributed by atoms with van der Waals surface area (Å²) < 4.78 is 4.31. The fourth-order valence-electron chi connectivity index (χ4n) is 0.233. The maximum Gasteiger partial charge on any atom is 0.321 e. The van der Waals surface area contributed by atoms with Crippen LogP contribution in [0.2, 0.25) is 0 Å². The number of hydrazine groups is 1. The number of carbonyl (C=O) groups is 1. The lowest BCUT2D eigenvalue weighted by Gasteiger charge is -1.97. The standard InChI is InChI=1S/C4H10N2O2/c1-5-6-3-4(7)8-2/h5-6H,3H2,1-2H3. The Balaban J connectivity index is 2.99. The molecule has 0 unspecified atom stereocenters. The third-order valence-corrected chi connectivity index (χ3v) is 0.637. The SMILES string of the molecule is CNNCC(=O)OC. The van der Waals surface area contributed by atoms with Crippen molar-refractivity contribution in [2.75, 3.05) is 20.7 Å². The summed E-state index contributed by atoms with van der Waals surface area (Å²) in [4.78, 5) is 10.2. The molecule has 8 heavy (non-hydrogen) atoms. The van der Waals surface area contributed by atoms with Crippen LogP contribution in [0.25, 0.3) is 0 Å². The van der Waals surface area contributed by atoms with Crippen LogP contribution in [0, 0.1) is 0 Å². The molecule has 0 saturated heterocycles. The van der Waals surface area contributed by atoms with E-state index in [0.29, 0.717) is 0 Å². The lowest BCUT2D eigenvalue weighted by Crippen LogP contribution is -2.33. The summed E-state index contributed by atoms with van der Waals surface area (Å²) in [7, 11) is 3.03. The molecule has 48 valence electrons. The smallest absolute Gasteiger partial charge is 0.321 e. The molecule has 0 bridgehead atoms. The highest BCUT2D eigenvalue weighted by atomic mass is 16.5. The Morgan fingerprint density at radius 2 is 2.38 bits per heavy atom. The van der Waals surface area contributed by atoms with Crippen molar-refractivity contribution in [1.82, 2.24) is 10.9 Å². The molecular formula is C4H10N2O2. The van der Waals surface area contributed by atoms with E-state index in [9.17, 15) is 4.79 Å². The molecular weight excluding hydrogens is 108 g/mol. The summed E-state index contributed by atoms with van der Waals surface area (Å²) >= 11 is 0. The molecule has 2 N–H and O–H groups in total. The average Bonchev–Trinajstić information content (AvgIpc) is 1.83. The summed E-state index contributed by atoms with van der Waals surface area (Å²) in [5.41, 5.74) is 5.16. The van der Waals surface area contributed by atoms with E-state index in [0.717, 1.165) is 0 Å². The maximum absolute atomic E-state index is 10.2. The Hall–Kier alpha value is -0.610. The van der Waals surface area contributed by atoms with Crippen molar-refractivity contribution in [2.24, 2.45) is 0 Å². The second-order valence-electron chi connectivity index (χ2n) is 1.18. The Morgan fingerprint density at radius 1 is 1.75 bits per heavy atom. The molecule has 0 heterocycles. The Morgan fingerprint density at radius 3 is 2.75 bits per heavy atom. The topological polar surface area (TPSA) is 50.4 Å². The van der Waals surface area contributed by atoms with Gasteiger partial charge in [-0.1, -0.05) is 0 Å². The number of rotatable bonds is 3. The van der Waals surface area contributed by atoms with Crippen LogP contribution in [0.4, 0.5) is 0 Å². The highest BCUT2D eigenvalue weighted by Gasteiger charge is 1.93. The molecule has 0 aliphatic rings. The molecule has 0 aromatic carbocycles. The summed E-state index contributed by atoms with van der Waals surface area (Å²) in [6.07, 6.45) is 0. The fourth-order valence-corrected chi connectivity index (χ4v) is 0.233. The predicted octanol–water partition coefficient (Wildman–Crippen LogP) is -1.12. The van der Waals surface area contributed by atoms with Gasteiger partial charge >= 0.3 is 5.97 Å². The van der Waals surface area contributed by atoms with Crippen molar-refractivity contribution in [1.29, 1.82) is 0 Å². The van der Waals surface area contributed by atoms with E-state index < -0.39 is 0 Å². The normalized spacial score (nSPS) is 8.75. The van der Waals surface area contributed by atoms with Crippen LogP contribution in [-0.4, -0.2) is 26.7 Å². The second kappa shape index (κ2) is 4.55. The van der Waals surface area contributed by atoms with Crippen molar-refractivity contribution >= 4 is 5.97 Å². The van der Waals surface area contributed by atoms with Crippen LogP contribution in [0.1, 0.15) is 0 Å². The highest BCUT2D eigenvalue weighted by molar-refractivity contribution is 5.71. The lowest BCUT2D eigenvalue weighted by atomic mass is 10.7. The molecule has 4 nitrogen and oxygen atoms in total. The van der Waals surface area contributed by atoms with Crippen LogP contribution in [0.15, 0.2) is 0 Å². The van der Waals surface area contributed by atoms with Crippen LogP contribution in [0.5, 0.6) is 0 Å². The quantitative estimate of drug-likeness (QED) is 0.364. The molecule has 0 fully saturated rings. The molecule has 0 aliphatic carbocycles. The van der Waals surface area contributed by atoms with Crippen molar-refractivity contribution in [2.45, 2.75) is 0 Å². The summed E-state index contributed by atoms with van der Waals surface area (Å²) in [6, 6.07) is 0. The number of esters is 1. The fraction of sp³-hybridized carbons (Fsp3) is 0.750. The zero-order valence-electron chi connectivity index (χ0n) is 5.02. The molecule has 0 amide bonds. The van der Waals surface area contributed by atoms with E-state index in [-0.39, 0.29) is 12.5 Å². The number of carbonyl (C=O) groups excluding carboxylic acids is 1. The number of hydrogen-bond donors (Lipinski definition) is 2. The summed E-state index contributed by atoms with van der Waals surface area (Å²) in [6.45, 7) is 0.201. The first-order valence-electron chi connectivity index (χ1n) is 2.27. The summed E-state index contributed by atoms with van der Waals surface area (Å²) in [5, 5.41) is 0. The van der Waals surface area contributed by atoms with Gasteiger partial charge in [0.25, 0.3) is 0 Å². The maximum atomic E-state index is 10.2. The predicted molar refractivity (Wildman–Crippen MR) is 29.1 cm³/mol. The number of hydrogen-bond acceptors (Lipinski definition) is 4. The van der Waals surface area contributed by atoms with Crippen LogP contribution < -0.4 is 10.9 Å². The molecule has 0 rings (SSSR count). The molecule has 4 heteroatoms. The number of methoxy groups -OCH3 is 1. The van der Waals surface area contributed by atoms with Crippen LogP contribution in [-0.2, 0) is 9.53 Å². The molecule has 0 saturated carbocycles. The van der Waals surface area contributed by atoms with E-state index >= 15 is 0 Å². The van der Waals surface area contributed by atoms with E-state index in [2.05, 4.69) is 15.6 Å². The second-order valence-corrected chi connectivity index (χ2v) is 1.18. The van der Waals surface area contributed by atoms with Gasteiger partial charge in [0.15, 0.2) is 0 Å². The summed E-state index contributed by atoms with van der Waals surface area (Å²) in [5.74, 6) is -0.278. The first-order chi connectivity index (χ1) is 3.81. The minimum absolute atomic E-state index is 0.201. The van der Waals surface area contributed by atoms with Gasteiger partial charge in [0.05, 0.1) is 7.11 Å². The molecule has 0 spiro atoms. The van der Waals surface area contributed by atoms with Crippen molar-refractivity contribution in [3.8, 4) is 0 Å². The van der Waals surface area contributed by atoms with Gasteiger partial charge in [0.2, 0.25) is 0 Å². The first-order valence-corrected chi connectivity index (χ1v) is 2.27. The van der Waals surface area contributed by atoms with Crippen LogP contribution in [0.3, 0.4) is 0 Å². The van der Waals surface area contributed by atoms with E-state index in [1.165, 1.54) is 7.11 Å². The zero-order chi connectivity index (χ0) is 6.41. The monoisotopic (exact) mass is 118 g/mol.